The van der Waals surface area contributed by atoms with Crippen molar-refractivity contribution < 1.29 is 9.84 Å². The van der Waals surface area contributed by atoms with Gasteiger partial charge in [-0.25, -0.2) is 4.79 Å². The molecule has 2 heterocycles. The molecule has 1 aromatic heterocycles. The number of ether oxygens (including phenoxy) is 1. The Labute approximate surface area is 109 Å². The first kappa shape index (κ1) is 12.1. The zero-order chi connectivity index (χ0) is 11.8. The predicted octanol–water partition coefficient (Wildman–Crippen LogP) is 0.169. The van der Waals surface area contributed by atoms with E-state index in [4.69, 9.17) is 15.6 Å². The first-order chi connectivity index (χ1) is 7.54. The van der Waals surface area contributed by atoms with Crippen molar-refractivity contribution in [3.63, 3.8) is 0 Å². The zero-order valence-electron chi connectivity index (χ0n) is 8.17. The van der Waals surface area contributed by atoms with E-state index in [1.54, 1.807) is 12.3 Å². The number of anilines is 1. The number of nitrogens with zero attached hydrogens (tertiary/aromatic N) is 2. The fraction of sp³-hybridized carbons (Fsp3) is 0.500. The van der Waals surface area contributed by atoms with Gasteiger partial charge in [-0.3, -0.25) is 4.57 Å². The summed E-state index contributed by atoms with van der Waals surface area (Å²) < 4.78 is 6.20. The highest BCUT2D eigenvalue weighted by atomic mass is 127. The number of thioether (sulfide) groups is 1. The molecule has 0 amide bonds. The molecule has 0 aliphatic carbocycles. The van der Waals surface area contributed by atoms with Crippen molar-refractivity contribution in [3.8, 4) is 0 Å². The van der Waals surface area contributed by atoms with Gasteiger partial charge in [0.15, 0.2) is 2.94 Å². The second-order valence-corrected chi connectivity index (χ2v) is 7.16. The van der Waals surface area contributed by atoms with Gasteiger partial charge >= 0.3 is 5.69 Å². The minimum Gasteiger partial charge on any atom is -0.392 e. The molecule has 16 heavy (non-hydrogen) atoms. The molecule has 0 saturated carbocycles. The van der Waals surface area contributed by atoms with Crippen LogP contribution in [0.1, 0.15) is 5.37 Å². The Hall–Kier alpha value is -0.320. The van der Waals surface area contributed by atoms with E-state index in [2.05, 4.69) is 4.98 Å². The highest BCUT2D eigenvalue weighted by Gasteiger charge is 2.39. The van der Waals surface area contributed by atoms with Crippen LogP contribution in [0.4, 0.5) is 5.82 Å². The van der Waals surface area contributed by atoms with Crippen LogP contribution in [-0.4, -0.2) is 30.8 Å². The summed E-state index contributed by atoms with van der Waals surface area (Å²) in [6.07, 6.45) is 1.59. The van der Waals surface area contributed by atoms with Crippen LogP contribution in [0.5, 0.6) is 0 Å². The van der Waals surface area contributed by atoms with Crippen molar-refractivity contribution in [1.82, 2.24) is 9.55 Å². The average molecular weight is 355 g/mol. The number of alkyl halides is 1. The van der Waals surface area contributed by atoms with Crippen molar-refractivity contribution in [2.24, 2.45) is 0 Å². The summed E-state index contributed by atoms with van der Waals surface area (Å²) in [7, 11) is 0. The molecular weight excluding hydrogens is 345 g/mol. The molecule has 1 fully saturated rings. The van der Waals surface area contributed by atoms with Crippen molar-refractivity contribution in [2.45, 2.75) is 8.31 Å². The van der Waals surface area contributed by atoms with Gasteiger partial charge in [0.2, 0.25) is 0 Å². The van der Waals surface area contributed by atoms with Crippen molar-refractivity contribution in [2.75, 3.05) is 18.9 Å². The van der Waals surface area contributed by atoms with E-state index in [-0.39, 0.29) is 17.8 Å². The van der Waals surface area contributed by atoms with Crippen molar-refractivity contribution in [1.29, 1.82) is 0 Å². The zero-order valence-corrected chi connectivity index (χ0v) is 11.1. The Kier molecular flexibility index (Phi) is 3.42. The molecule has 0 spiro atoms. The maximum absolute atomic E-state index is 11.6. The molecule has 1 aromatic rings. The molecule has 3 N–H and O–H groups in total. The fourth-order valence-electron chi connectivity index (χ4n) is 1.33. The summed E-state index contributed by atoms with van der Waals surface area (Å²) in [6.45, 7) is 0.256. The highest BCUT2D eigenvalue weighted by molar-refractivity contribution is 14.1. The average Bonchev–Trinajstić information content (AvgIpc) is 2.62. The highest BCUT2D eigenvalue weighted by Crippen LogP contribution is 2.47. The Bertz CT molecular complexity index is 454. The van der Waals surface area contributed by atoms with Crippen LogP contribution >= 0.6 is 34.4 Å². The van der Waals surface area contributed by atoms with Gasteiger partial charge in [0.05, 0.1) is 13.2 Å². The van der Waals surface area contributed by atoms with E-state index >= 15 is 0 Å². The van der Waals surface area contributed by atoms with Gasteiger partial charge in [0.1, 0.15) is 11.2 Å². The minimum atomic E-state index is -0.677. The second-order valence-electron chi connectivity index (χ2n) is 3.24. The number of hydrogen-bond donors (Lipinski definition) is 2. The SMILES string of the molecule is Nc1ccn(C2COC(I)(CO)S2)c(=O)n1. The van der Waals surface area contributed by atoms with Gasteiger partial charge in [-0.2, -0.15) is 4.98 Å². The van der Waals surface area contributed by atoms with E-state index in [1.165, 1.54) is 16.3 Å². The Morgan fingerprint density at radius 1 is 1.88 bits per heavy atom. The lowest BCUT2D eigenvalue weighted by Crippen LogP contribution is -2.26. The van der Waals surface area contributed by atoms with Crippen LogP contribution in [0.3, 0.4) is 0 Å². The number of halogens is 1. The summed E-state index contributed by atoms with van der Waals surface area (Å²) in [6, 6.07) is 1.56. The lowest BCUT2D eigenvalue weighted by molar-refractivity contribution is 0.0695. The van der Waals surface area contributed by atoms with E-state index in [1.807, 2.05) is 22.6 Å². The number of aliphatic hydroxyl groups excluding tert-OH is 1. The number of aromatic nitrogens is 2. The Morgan fingerprint density at radius 2 is 2.62 bits per heavy atom. The van der Waals surface area contributed by atoms with Crippen molar-refractivity contribution >= 4 is 40.2 Å². The molecule has 2 atom stereocenters. The largest absolute Gasteiger partial charge is 0.392 e. The van der Waals surface area contributed by atoms with Gasteiger partial charge < -0.3 is 15.6 Å². The van der Waals surface area contributed by atoms with E-state index in [0.717, 1.165) is 0 Å². The first-order valence-electron chi connectivity index (χ1n) is 4.50. The summed E-state index contributed by atoms with van der Waals surface area (Å²) in [5.74, 6) is 0.202. The normalized spacial score (nSPS) is 29.5. The third-order valence-electron chi connectivity index (χ3n) is 2.10. The van der Waals surface area contributed by atoms with E-state index in [9.17, 15) is 4.79 Å². The summed E-state index contributed by atoms with van der Waals surface area (Å²) >= 11 is 3.40. The maximum Gasteiger partial charge on any atom is 0.350 e. The molecule has 6 nitrogen and oxygen atoms in total. The molecule has 0 bridgehead atoms. The van der Waals surface area contributed by atoms with Crippen LogP contribution in [0.25, 0.3) is 0 Å². The van der Waals surface area contributed by atoms with Crippen LogP contribution < -0.4 is 11.4 Å². The van der Waals surface area contributed by atoms with E-state index in [0.29, 0.717) is 6.61 Å². The van der Waals surface area contributed by atoms with Crippen LogP contribution in [0.15, 0.2) is 17.1 Å². The number of nitrogens with two attached hydrogens (primary N) is 1. The maximum atomic E-state index is 11.6. The second kappa shape index (κ2) is 4.51. The predicted molar refractivity (Wildman–Crippen MR) is 69.3 cm³/mol. The fourth-order valence-corrected chi connectivity index (χ4v) is 3.42. The molecule has 2 unspecified atom stereocenters. The van der Waals surface area contributed by atoms with E-state index < -0.39 is 8.63 Å². The number of hydrogen-bond acceptors (Lipinski definition) is 6. The lowest BCUT2D eigenvalue weighted by Gasteiger charge is -2.16. The molecular formula is C8H10IN3O3S. The summed E-state index contributed by atoms with van der Waals surface area (Å²) in [4.78, 5) is 15.2. The van der Waals surface area contributed by atoms with Crippen LogP contribution in [0.2, 0.25) is 0 Å². The summed E-state index contributed by atoms with van der Waals surface area (Å²) in [5, 5.41) is 8.95. The lowest BCUT2D eigenvalue weighted by atomic mass is 10.5. The van der Waals surface area contributed by atoms with Crippen LogP contribution in [-0.2, 0) is 4.74 Å². The Morgan fingerprint density at radius 3 is 3.19 bits per heavy atom. The molecule has 0 radical (unpaired) electrons. The quantitative estimate of drug-likeness (QED) is 0.581. The van der Waals surface area contributed by atoms with Crippen LogP contribution in [0, 0.1) is 0 Å². The molecule has 1 saturated heterocycles. The number of aliphatic hydroxyl groups is 1. The third kappa shape index (κ3) is 2.34. The summed E-state index contributed by atoms with van der Waals surface area (Å²) in [5.41, 5.74) is 5.00. The molecule has 8 heteroatoms. The van der Waals surface area contributed by atoms with Gasteiger partial charge in [-0.15, -0.1) is 0 Å². The first-order valence-corrected chi connectivity index (χ1v) is 6.46. The molecule has 2 rings (SSSR count). The smallest absolute Gasteiger partial charge is 0.350 e. The van der Waals surface area contributed by atoms with Gasteiger partial charge in [0, 0.05) is 6.20 Å². The van der Waals surface area contributed by atoms with Crippen molar-refractivity contribution in [3.05, 3.63) is 22.7 Å². The Balaban J connectivity index is 2.24. The third-order valence-corrected chi connectivity index (χ3v) is 4.75. The minimum absolute atomic E-state index is 0.105. The number of nitrogen functional groups attached to an aromatic ring is 1. The molecule has 88 valence electrons. The van der Waals surface area contributed by atoms with Gasteiger partial charge in [-0.05, 0) is 28.7 Å². The molecule has 1 aliphatic rings. The topological polar surface area (TPSA) is 90.4 Å². The number of rotatable bonds is 2. The monoisotopic (exact) mass is 355 g/mol. The molecule has 1 aliphatic heterocycles. The van der Waals surface area contributed by atoms with Gasteiger partial charge in [-0.1, -0.05) is 11.8 Å². The van der Waals surface area contributed by atoms with Gasteiger partial charge in [0.25, 0.3) is 0 Å². The molecule has 0 aromatic carbocycles. The standard InChI is InChI=1S/C8H10IN3O3S/c9-8(4-13)15-3-6(16-8)12-2-1-5(10)11-7(12)14/h1-2,6,13H,3-4H2,(H2,10,11,14).